The Labute approximate surface area is 151 Å². The van der Waals surface area contributed by atoms with Crippen LogP contribution in [0, 0.1) is 0 Å². The molecule has 1 aromatic rings. The number of hydrogen-bond acceptors (Lipinski definition) is 5. The summed E-state index contributed by atoms with van der Waals surface area (Å²) in [4.78, 5) is 6.76. The fourth-order valence-electron chi connectivity index (χ4n) is 4.04. The Morgan fingerprint density at radius 3 is 2.44 bits per heavy atom. The smallest absolute Gasteiger partial charge is 0.228 e. The zero-order valence-corrected chi connectivity index (χ0v) is 16.1. The molecule has 1 saturated heterocycles. The Bertz CT molecular complexity index is 643. The van der Waals surface area contributed by atoms with Gasteiger partial charge in [-0.2, -0.15) is 0 Å². The molecule has 0 unspecified atom stereocenters. The Kier molecular flexibility index (Phi) is 6.52. The predicted molar refractivity (Wildman–Crippen MR) is 97.3 cm³/mol. The largest absolute Gasteiger partial charge is 0.383 e. The van der Waals surface area contributed by atoms with E-state index in [2.05, 4.69) is 9.88 Å². The van der Waals surface area contributed by atoms with Crippen LogP contribution in [0.1, 0.15) is 57.1 Å². The molecule has 3 rings (SSSR count). The van der Waals surface area contributed by atoms with Gasteiger partial charge in [0.15, 0.2) is 0 Å². The normalized spacial score (nSPS) is 20.8. The molecule has 1 aliphatic carbocycles. The van der Waals surface area contributed by atoms with Crippen molar-refractivity contribution in [1.82, 2.24) is 14.5 Å². The Balaban J connectivity index is 1.86. The molecule has 25 heavy (non-hydrogen) atoms. The van der Waals surface area contributed by atoms with Crippen molar-refractivity contribution in [3.8, 4) is 0 Å². The Hall–Kier alpha value is -0.920. The average Bonchev–Trinajstić information content (AvgIpc) is 3.16. The summed E-state index contributed by atoms with van der Waals surface area (Å²) in [5, 5.41) is -0.0241. The summed E-state index contributed by atoms with van der Waals surface area (Å²) in [6, 6.07) is 0. The van der Waals surface area contributed by atoms with Gasteiger partial charge < -0.3 is 9.30 Å². The minimum absolute atomic E-state index is 0.255. The summed E-state index contributed by atoms with van der Waals surface area (Å²) in [5.74, 6) is 0. The molecule has 0 aromatic carbocycles. The number of aromatic nitrogens is 2. The highest BCUT2D eigenvalue weighted by atomic mass is 32.2. The number of nitrogens with zero attached hydrogens (tertiary/aromatic N) is 3. The number of imidazole rings is 1. The van der Waals surface area contributed by atoms with Crippen LogP contribution in [-0.4, -0.2) is 54.9 Å². The van der Waals surface area contributed by atoms with E-state index in [0.717, 1.165) is 63.9 Å². The topological polar surface area (TPSA) is 64.4 Å². The van der Waals surface area contributed by atoms with Crippen molar-refractivity contribution in [3.05, 3.63) is 11.9 Å². The fourth-order valence-corrected chi connectivity index (χ4v) is 6.01. The summed E-state index contributed by atoms with van der Waals surface area (Å²) < 4.78 is 33.6. The minimum atomic E-state index is -3.38. The predicted octanol–water partition coefficient (Wildman–Crippen LogP) is 2.62. The van der Waals surface area contributed by atoms with Crippen LogP contribution in [0.15, 0.2) is 11.4 Å². The maximum absolute atomic E-state index is 13.2. The fraction of sp³-hybridized carbons (Fsp3) is 0.833. The van der Waals surface area contributed by atoms with Gasteiger partial charge in [0.2, 0.25) is 15.0 Å². The van der Waals surface area contributed by atoms with E-state index in [1.807, 2.05) is 4.57 Å². The van der Waals surface area contributed by atoms with E-state index in [1.165, 1.54) is 12.8 Å². The SMILES string of the molecule is COCCn1c(CN2CCCC2)cnc1S(=O)(=O)C1CCCCCC1. The lowest BCUT2D eigenvalue weighted by Crippen LogP contribution is -2.27. The van der Waals surface area contributed by atoms with E-state index in [4.69, 9.17) is 4.74 Å². The molecule has 1 aromatic heterocycles. The first-order valence-electron chi connectivity index (χ1n) is 9.62. The highest BCUT2D eigenvalue weighted by molar-refractivity contribution is 7.91. The maximum atomic E-state index is 13.2. The van der Waals surface area contributed by atoms with Gasteiger partial charge in [0.05, 0.1) is 23.7 Å². The molecule has 1 aliphatic heterocycles. The first-order valence-corrected chi connectivity index (χ1v) is 11.2. The van der Waals surface area contributed by atoms with Gasteiger partial charge in [-0.1, -0.05) is 25.7 Å². The van der Waals surface area contributed by atoms with Gasteiger partial charge in [0.1, 0.15) is 0 Å². The summed E-state index contributed by atoms with van der Waals surface area (Å²) in [6.07, 6.45) is 10.0. The zero-order valence-electron chi connectivity index (χ0n) is 15.3. The van der Waals surface area contributed by atoms with Crippen LogP contribution in [0.3, 0.4) is 0 Å². The van der Waals surface area contributed by atoms with Gasteiger partial charge in [-0.3, -0.25) is 4.90 Å². The van der Waals surface area contributed by atoms with Crippen LogP contribution in [0.5, 0.6) is 0 Å². The third-order valence-corrected chi connectivity index (χ3v) is 7.68. The monoisotopic (exact) mass is 369 g/mol. The number of methoxy groups -OCH3 is 1. The summed E-state index contributed by atoms with van der Waals surface area (Å²) in [6.45, 7) is 3.98. The van der Waals surface area contributed by atoms with Gasteiger partial charge in [-0.25, -0.2) is 13.4 Å². The molecule has 0 spiro atoms. The van der Waals surface area contributed by atoms with E-state index in [9.17, 15) is 8.42 Å². The third kappa shape index (κ3) is 4.44. The van der Waals surface area contributed by atoms with Gasteiger partial charge >= 0.3 is 0 Å². The van der Waals surface area contributed by atoms with E-state index >= 15 is 0 Å². The van der Waals surface area contributed by atoms with Crippen molar-refractivity contribution in [2.45, 2.75) is 74.9 Å². The van der Waals surface area contributed by atoms with Crippen molar-refractivity contribution < 1.29 is 13.2 Å². The molecule has 1 saturated carbocycles. The lowest BCUT2D eigenvalue weighted by atomic mass is 10.2. The molecule has 6 nitrogen and oxygen atoms in total. The first-order chi connectivity index (χ1) is 12.1. The lowest BCUT2D eigenvalue weighted by molar-refractivity contribution is 0.182. The molecule has 142 valence electrons. The average molecular weight is 370 g/mol. The number of likely N-dealkylation sites (tertiary alicyclic amines) is 1. The number of sulfone groups is 1. The van der Waals surface area contributed by atoms with Crippen LogP contribution in [0.4, 0.5) is 0 Å². The van der Waals surface area contributed by atoms with E-state index in [1.54, 1.807) is 13.3 Å². The van der Waals surface area contributed by atoms with Crippen LogP contribution in [-0.2, 0) is 27.7 Å². The van der Waals surface area contributed by atoms with Crippen molar-refractivity contribution >= 4 is 9.84 Å². The molecular weight excluding hydrogens is 338 g/mol. The molecule has 0 radical (unpaired) electrons. The second kappa shape index (κ2) is 8.64. The highest BCUT2D eigenvalue weighted by Gasteiger charge is 2.33. The minimum Gasteiger partial charge on any atom is -0.383 e. The van der Waals surface area contributed by atoms with E-state index in [0.29, 0.717) is 13.2 Å². The molecule has 2 fully saturated rings. The molecular formula is C18H31N3O3S. The molecule has 0 N–H and O–H groups in total. The molecule has 0 atom stereocenters. The maximum Gasteiger partial charge on any atom is 0.228 e. The number of hydrogen-bond donors (Lipinski definition) is 0. The molecule has 7 heteroatoms. The Morgan fingerprint density at radius 1 is 1.12 bits per heavy atom. The number of rotatable bonds is 7. The molecule has 0 amide bonds. The zero-order chi connectivity index (χ0) is 17.7. The highest BCUT2D eigenvalue weighted by Crippen LogP contribution is 2.28. The standard InChI is InChI=1S/C18H31N3O3S/c1-24-13-12-21-16(15-20-10-6-7-11-20)14-19-18(21)25(22,23)17-8-4-2-3-5-9-17/h14,17H,2-13,15H2,1H3. The van der Waals surface area contributed by atoms with Crippen molar-refractivity contribution in [3.63, 3.8) is 0 Å². The van der Waals surface area contributed by atoms with E-state index < -0.39 is 9.84 Å². The van der Waals surface area contributed by atoms with Gasteiger partial charge in [0.25, 0.3) is 0 Å². The molecule has 0 bridgehead atoms. The summed E-state index contributed by atoms with van der Waals surface area (Å²) in [5.41, 5.74) is 0.992. The van der Waals surface area contributed by atoms with Gasteiger partial charge in [-0.05, 0) is 38.8 Å². The van der Waals surface area contributed by atoms with E-state index in [-0.39, 0.29) is 10.4 Å². The van der Waals surface area contributed by atoms with Crippen LogP contribution >= 0.6 is 0 Å². The van der Waals surface area contributed by atoms with Crippen LogP contribution in [0.25, 0.3) is 0 Å². The summed E-state index contributed by atoms with van der Waals surface area (Å²) >= 11 is 0. The van der Waals surface area contributed by atoms with Crippen molar-refractivity contribution in [2.24, 2.45) is 0 Å². The first kappa shape index (κ1) is 18.9. The third-order valence-electron chi connectivity index (χ3n) is 5.50. The second-order valence-electron chi connectivity index (χ2n) is 7.32. The quantitative estimate of drug-likeness (QED) is 0.691. The van der Waals surface area contributed by atoms with Crippen molar-refractivity contribution in [1.29, 1.82) is 0 Å². The second-order valence-corrected chi connectivity index (χ2v) is 9.44. The molecule has 2 aliphatic rings. The number of ether oxygens (including phenoxy) is 1. The van der Waals surface area contributed by atoms with Gasteiger partial charge in [-0.15, -0.1) is 0 Å². The molecule has 2 heterocycles. The summed E-state index contributed by atoms with van der Waals surface area (Å²) in [7, 11) is -1.73. The van der Waals surface area contributed by atoms with Crippen LogP contribution < -0.4 is 0 Å². The lowest BCUT2D eigenvalue weighted by Gasteiger charge is -2.19. The van der Waals surface area contributed by atoms with Gasteiger partial charge in [0, 0.05) is 20.2 Å². The van der Waals surface area contributed by atoms with Crippen LogP contribution in [0.2, 0.25) is 0 Å². The van der Waals surface area contributed by atoms with Crippen molar-refractivity contribution in [2.75, 3.05) is 26.8 Å². The Morgan fingerprint density at radius 2 is 1.80 bits per heavy atom.